The largest absolute Gasteiger partial charge is 2.00 e. The van der Waals surface area contributed by atoms with Crippen LogP contribution in [0, 0.1) is 13.8 Å². The Hall–Kier alpha value is -1.70. The van der Waals surface area contributed by atoms with E-state index in [1.54, 1.807) is 25.1 Å². The van der Waals surface area contributed by atoms with Crippen LogP contribution in [-0.2, 0) is 19.5 Å². The molecule has 2 heterocycles. The second-order valence-corrected chi connectivity index (χ2v) is 4.47. The Labute approximate surface area is 141 Å². The number of aliphatic imine (C=N–C) groups is 2. The van der Waals surface area contributed by atoms with Crippen molar-refractivity contribution in [2.75, 3.05) is 13.1 Å². The second-order valence-electron chi connectivity index (χ2n) is 4.47. The van der Waals surface area contributed by atoms with Crippen LogP contribution in [0.2, 0.25) is 0 Å². The van der Waals surface area contributed by atoms with Crippen LogP contribution in [0.25, 0.3) is 0 Å². The summed E-state index contributed by atoms with van der Waals surface area (Å²) in [7, 11) is 0. The van der Waals surface area contributed by atoms with E-state index in [1.165, 1.54) is 0 Å². The second kappa shape index (κ2) is 10.1. The number of nitrogens with one attached hydrogen (secondary N) is 2. The van der Waals surface area contributed by atoms with E-state index >= 15 is 0 Å². The van der Waals surface area contributed by atoms with Crippen LogP contribution in [0.15, 0.2) is 22.6 Å². The average Bonchev–Trinajstić information content (AvgIpc) is 3.00. The predicted octanol–water partition coefficient (Wildman–Crippen LogP) is -0.179. The summed E-state index contributed by atoms with van der Waals surface area (Å²) in [6.45, 7) is 4.43. The van der Waals surface area contributed by atoms with Crippen LogP contribution in [0.1, 0.15) is 22.8 Å². The molecule has 2 aromatic rings. The summed E-state index contributed by atoms with van der Waals surface area (Å²) in [5.41, 5.74) is 3.48. The number of nitrogens with zero attached hydrogens (tertiary/aromatic N) is 4. The Kier molecular flexibility index (Phi) is 9.32. The van der Waals surface area contributed by atoms with E-state index in [2.05, 4.69) is 29.9 Å². The normalized spacial score (nSPS) is 12.3. The third-order valence-electron chi connectivity index (χ3n) is 2.80. The smallest absolute Gasteiger partial charge is 0.412 e. The maximum atomic E-state index is 9.76. The van der Waals surface area contributed by atoms with Gasteiger partial charge in [-0.15, -0.1) is 0 Å². The molecular weight excluding hydrogens is 338 g/mol. The first kappa shape index (κ1) is 20.3. The summed E-state index contributed by atoms with van der Waals surface area (Å²) in [6, 6.07) is 0. The minimum absolute atomic E-state index is 0. The van der Waals surface area contributed by atoms with Crippen LogP contribution in [0.3, 0.4) is 0 Å². The molecule has 0 spiro atoms. The fraction of sp³-hybridized carbons (Fsp3) is 0.385. The van der Waals surface area contributed by atoms with E-state index < -0.39 is 6.10 Å². The number of aryl methyl sites for hydroxylation is 2. The third kappa shape index (κ3) is 5.97. The molecule has 2 rings (SSSR count). The van der Waals surface area contributed by atoms with Gasteiger partial charge in [-0.1, -0.05) is 0 Å². The van der Waals surface area contributed by atoms with E-state index in [9.17, 15) is 5.11 Å². The Bertz CT molecular complexity index is 555. The molecular formula is C13H20N6O2Zn+2. The summed E-state index contributed by atoms with van der Waals surface area (Å²) >= 11 is 0. The first-order chi connectivity index (χ1) is 9.66. The van der Waals surface area contributed by atoms with Crippen LogP contribution >= 0.6 is 0 Å². The van der Waals surface area contributed by atoms with Crippen molar-refractivity contribution in [1.29, 1.82) is 0 Å². The molecule has 0 fully saturated rings. The van der Waals surface area contributed by atoms with Crippen molar-refractivity contribution < 1.29 is 30.1 Å². The van der Waals surface area contributed by atoms with Gasteiger partial charge in [-0.05, 0) is 13.8 Å². The summed E-state index contributed by atoms with van der Waals surface area (Å²) in [6.07, 6.45) is 5.92. The molecule has 0 aliphatic rings. The van der Waals surface area contributed by atoms with Gasteiger partial charge in [-0.25, -0.2) is 9.97 Å². The number of aromatic amines is 2. The molecule has 0 aliphatic carbocycles. The number of hydrogen-bond acceptors (Lipinski definition) is 5. The van der Waals surface area contributed by atoms with Crippen LogP contribution < -0.4 is 0 Å². The Morgan fingerprint density at radius 3 is 1.77 bits per heavy atom. The molecule has 0 unspecified atom stereocenters. The van der Waals surface area contributed by atoms with E-state index in [0.717, 1.165) is 22.8 Å². The van der Waals surface area contributed by atoms with Crippen molar-refractivity contribution in [3.05, 3.63) is 35.4 Å². The maximum Gasteiger partial charge on any atom is 2.00 e. The van der Waals surface area contributed by atoms with Gasteiger partial charge in [0, 0.05) is 23.8 Å². The summed E-state index contributed by atoms with van der Waals surface area (Å²) in [5.74, 6) is 0. The molecule has 5 N–H and O–H groups in total. The molecule has 8 nitrogen and oxygen atoms in total. The van der Waals surface area contributed by atoms with Crippen LogP contribution in [0.4, 0.5) is 0 Å². The number of aliphatic hydroxyl groups is 1. The molecule has 9 heteroatoms. The zero-order valence-corrected chi connectivity index (χ0v) is 15.7. The summed E-state index contributed by atoms with van der Waals surface area (Å²) < 4.78 is 0. The van der Waals surface area contributed by atoms with Crippen molar-refractivity contribution in [3.63, 3.8) is 0 Å². The minimum atomic E-state index is -0.610. The van der Waals surface area contributed by atoms with Crippen molar-refractivity contribution in [2.45, 2.75) is 20.0 Å². The maximum absolute atomic E-state index is 9.76. The first-order valence-electron chi connectivity index (χ1n) is 6.34. The van der Waals surface area contributed by atoms with Gasteiger partial charge >= 0.3 is 19.5 Å². The fourth-order valence-electron chi connectivity index (χ4n) is 1.58. The van der Waals surface area contributed by atoms with Crippen molar-refractivity contribution in [2.24, 2.45) is 9.98 Å². The standard InChI is InChI=1S/C13H18N6O.H2O.Zn/c1-9-12(18-7-16-9)5-14-3-11(20)4-15-6-13-10(2)17-8-19-13;;/h5-8,11,20H,3-4H2,1-2H3,(H,16,18)(H,17,19);1H2;/q;;+2. The number of imidazole rings is 2. The number of aliphatic hydroxyl groups excluding tert-OH is 1. The number of hydrogen-bond donors (Lipinski definition) is 3. The van der Waals surface area contributed by atoms with Gasteiger partial charge in [0.1, 0.15) is 11.4 Å². The molecule has 0 aliphatic heterocycles. The topological polar surface area (TPSA) is 134 Å². The Balaban J connectivity index is 0.00000220. The molecule has 0 aromatic carbocycles. The predicted molar refractivity (Wildman–Crippen MR) is 81.2 cm³/mol. The molecule has 0 amide bonds. The van der Waals surface area contributed by atoms with E-state index in [4.69, 9.17) is 0 Å². The molecule has 0 saturated heterocycles. The number of H-pyrrole nitrogens is 2. The Morgan fingerprint density at radius 1 is 1.05 bits per heavy atom. The van der Waals surface area contributed by atoms with Gasteiger partial charge in [0.25, 0.3) is 0 Å². The van der Waals surface area contributed by atoms with Crippen molar-refractivity contribution >= 4 is 12.4 Å². The van der Waals surface area contributed by atoms with Crippen molar-refractivity contribution in [3.8, 4) is 0 Å². The summed E-state index contributed by atoms with van der Waals surface area (Å²) in [4.78, 5) is 22.4. The molecule has 0 bridgehead atoms. The van der Waals surface area contributed by atoms with E-state index in [-0.39, 0.29) is 25.0 Å². The van der Waals surface area contributed by atoms with Gasteiger partial charge < -0.3 is 20.6 Å². The minimum Gasteiger partial charge on any atom is -0.412 e. The van der Waals surface area contributed by atoms with Gasteiger partial charge in [0.2, 0.25) is 0 Å². The van der Waals surface area contributed by atoms with Gasteiger partial charge in [-0.2, -0.15) is 0 Å². The van der Waals surface area contributed by atoms with Gasteiger partial charge in [0.15, 0.2) is 0 Å². The molecule has 22 heavy (non-hydrogen) atoms. The van der Waals surface area contributed by atoms with E-state index in [1.807, 2.05) is 13.8 Å². The SMILES string of the molecule is Cc1[nH]cnc1C=NCC(O)CN=Cc1nc[nH]c1C.O.[Zn+2]. The van der Waals surface area contributed by atoms with Crippen LogP contribution in [0.5, 0.6) is 0 Å². The monoisotopic (exact) mass is 356 g/mol. The van der Waals surface area contributed by atoms with Crippen LogP contribution in [-0.4, -0.2) is 62.1 Å². The molecule has 2 aromatic heterocycles. The van der Waals surface area contributed by atoms with E-state index in [0.29, 0.717) is 13.1 Å². The third-order valence-corrected chi connectivity index (χ3v) is 2.80. The van der Waals surface area contributed by atoms with Gasteiger partial charge in [0.05, 0.1) is 31.8 Å². The number of aromatic nitrogens is 4. The Morgan fingerprint density at radius 2 is 1.45 bits per heavy atom. The number of rotatable bonds is 6. The average molecular weight is 358 g/mol. The van der Waals surface area contributed by atoms with Gasteiger partial charge in [-0.3, -0.25) is 9.98 Å². The zero-order chi connectivity index (χ0) is 14.4. The molecule has 0 atom stereocenters. The molecule has 114 valence electrons. The first-order valence-corrected chi connectivity index (χ1v) is 6.34. The fourth-order valence-corrected chi connectivity index (χ4v) is 1.58. The molecule has 0 saturated carbocycles. The quantitative estimate of drug-likeness (QED) is 0.489. The summed E-state index contributed by atoms with van der Waals surface area (Å²) in [5, 5.41) is 9.76. The molecule has 0 radical (unpaired) electrons. The van der Waals surface area contributed by atoms with Crippen molar-refractivity contribution in [1.82, 2.24) is 19.9 Å². The zero-order valence-electron chi connectivity index (χ0n) is 12.7.